The largest absolute Gasteiger partial charge is 0.422 e. The number of fused-ring (bicyclic) bond motifs is 2. The second kappa shape index (κ2) is 22.4. The molecule has 0 saturated carbocycles. The molecular formula is C68H52Br2F6N2O6S4. The highest BCUT2D eigenvalue weighted by atomic mass is 79.9. The average molecular weight is 1400 g/mol. The summed E-state index contributed by atoms with van der Waals surface area (Å²) in [4.78, 5) is 78.0. The number of amides is 4. The Bertz CT molecular complexity index is 4520. The van der Waals surface area contributed by atoms with Gasteiger partial charge < -0.3 is 4.74 Å². The molecule has 2 aliphatic heterocycles. The van der Waals surface area contributed by atoms with Crippen molar-refractivity contribution >= 4 is 167 Å². The molecule has 4 aromatic heterocycles. The molecule has 10 aromatic rings. The van der Waals surface area contributed by atoms with Gasteiger partial charge in [0.25, 0.3) is 23.6 Å². The zero-order valence-electron chi connectivity index (χ0n) is 47.9. The van der Waals surface area contributed by atoms with E-state index in [0.717, 1.165) is 135 Å². The lowest BCUT2D eigenvalue weighted by Crippen LogP contribution is -2.48. The van der Waals surface area contributed by atoms with Crippen LogP contribution in [0.2, 0.25) is 0 Å². The number of imide groups is 2. The van der Waals surface area contributed by atoms with Gasteiger partial charge in [-0.15, -0.1) is 45.3 Å². The molecule has 0 saturated heterocycles. The minimum absolute atomic E-state index is 0.00710. The molecule has 0 bridgehead atoms. The zero-order chi connectivity index (χ0) is 62.2. The number of hydrogen-bond acceptors (Lipinski definition) is 10. The highest BCUT2D eigenvalue weighted by Crippen LogP contribution is 2.66. The molecule has 6 aromatic carbocycles. The number of halogens is 8. The molecule has 0 radical (unpaired) electrons. The standard InChI is InChI=1S/C68H52Br2F6N2O6S4/c1-6-8-10-12-14-35(15-13-11-9-7-2)77-61(79)42-25-21-38-40-23-27-44-54-45(28-24-41(52(40)54)39-22-26-43(62(77)80)53(42)51(38)39)64(82)78(63(44)81)36-17-19-37(20-18-36)84-65(83)60-58(70)57(69)59(88-60)50-31-47(34(5)87-50)56-55(66(71,72)68(75,76)67(56,73)74)46-30-49(86-33(46)4)48-29-16-32(3)85-48/h16-31,35H,6-15H2,1-5H3. The van der Waals surface area contributed by atoms with Crippen molar-refractivity contribution in [3.63, 3.8) is 0 Å². The molecule has 88 heavy (non-hydrogen) atoms. The molecular weight excluding hydrogens is 1340 g/mol. The lowest BCUT2D eigenvalue weighted by Gasteiger charge is -2.35. The first-order valence-electron chi connectivity index (χ1n) is 29.0. The molecule has 20 heteroatoms. The zero-order valence-corrected chi connectivity index (χ0v) is 54.3. The number of aryl methyl sites for hydroxylation is 3. The number of carbonyl (C=O) groups excluding carboxylic acids is 5. The summed E-state index contributed by atoms with van der Waals surface area (Å²) in [6.07, 6.45) is 9.82. The monoisotopic (exact) mass is 1390 g/mol. The van der Waals surface area contributed by atoms with E-state index in [1.54, 1.807) is 18.2 Å². The number of hydrogen-bond donors (Lipinski definition) is 0. The quantitative estimate of drug-likeness (QED) is 0.0161. The Kier molecular flexibility index (Phi) is 15.4. The Hall–Kier alpha value is -6.55. The van der Waals surface area contributed by atoms with E-state index < -0.39 is 52.3 Å². The van der Waals surface area contributed by atoms with Gasteiger partial charge in [-0.05, 0) is 182 Å². The fourth-order valence-electron chi connectivity index (χ4n) is 13.1. The van der Waals surface area contributed by atoms with E-state index in [0.29, 0.717) is 41.9 Å². The van der Waals surface area contributed by atoms with Crippen LogP contribution >= 0.6 is 77.2 Å². The smallest absolute Gasteiger partial charge is 0.380 e. The van der Waals surface area contributed by atoms with E-state index in [1.807, 2.05) is 49.4 Å². The van der Waals surface area contributed by atoms with Crippen molar-refractivity contribution in [1.82, 2.24) is 4.90 Å². The first-order chi connectivity index (χ1) is 42.0. The van der Waals surface area contributed by atoms with E-state index in [4.69, 9.17) is 4.74 Å². The summed E-state index contributed by atoms with van der Waals surface area (Å²) < 4.78 is 102. The van der Waals surface area contributed by atoms with Gasteiger partial charge in [-0.2, -0.15) is 26.3 Å². The van der Waals surface area contributed by atoms with Crippen LogP contribution in [0.3, 0.4) is 0 Å². The van der Waals surface area contributed by atoms with Crippen molar-refractivity contribution in [3.05, 3.63) is 159 Å². The van der Waals surface area contributed by atoms with Crippen LogP contribution in [-0.2, 0) is 0 Å². The summed E-state index contributed by atoms with van der Waals surface area (Å²) in [5.74, 6) is -18.9. The topological polar surface area (TPSA) is 101 Å². The minimum atomic E-state index is -5.76. The molecule has 4 amide bonds. The third-order valence-electron chi connectivity index (χ3n) is 17.3. The third-order valence-corrected chi connectivity index (χ3v) is 24.6. The minimum Gasteiger partial charge on any atom is -0.422 e. The number of rotatable bonds is 18. The van der Waals surface area contributed by atoms with Crippen molar-refractivity contribution in [2.45, 2.75) is 123 Å². The summed E-state index contributed by atoms with van der Waals surface area (Å²) >= 11 is 11.1. The number of allylic oxidation sites excluding steroid dienone is 2. The third kappa shape index (κ3) is 9.21. The molecule has 0 atom stereocenters. The molecule has 3 aliphatic rings. The average Bonchev–Trinajstić information content (AvgIpc) is 1.45. The fraction of sp³-hybridized carbons (Fsp3) is 0.279. The highest BCUT2D eigenvalue weighted by Gasteiger charge is 2.80. The van der Waals surface area contributed by atoms with Gasteiger partial charge in [-0.1, -0.05) is 89.5 Å². The first-order valence-corrected chi connectivity index (χ1v) is 33.8. The van der Waals surface area contributed by atoms with E-state index in [2.05, 4.69) is 45.7 Å². The Labute approximate surface area is 534 Å². The van der Waals surface area contributed by atoms with Crippen molar-refractivity contribution in [2.75, 3.05) is 4.90 Å². The molecule has 6 heterocycles. The number of unbranched alkanes of at least 4 members (excludes halogenated alkanes) is 6. The number of nitrogens with zero attached hydrogens (tertiary/aromatic N) is 2. The lowest BCUT2D eigenvalue weighted by atomic mass is 9.82. The van der Waals surface area contributed by atoms with Gasteiger partial charge in [0.15, 0.2) is 0 Å². The number of benzene rings is 6. The summed E-state index contributed by atoms with van der Waals surface area (Å²) in [5.41, 5.74) is -2.06. The molecule has 0 unspecified atom stereocenters. The van der Waals surface area contributed by atoms with Crippen LogP contribution in [0, 0.1) is 20.8 Å². The number of esters is 1. The molecule has 13 rings (SSSR count). The predicted molar refractivity (Wildman–Crippen MR) is 349 cm³/mol. The van der Waals surface area contributed by atoms with Crippen LogP contribution in [0.5, 0.6) is 5.75 Å². The molecule has 1 aliphatic carbocycles. The van der Waals surface area contributed by atoms with Gasteiger partial charge >= 0.3 is 23.7 Å². The van der Waals surface area contributed by atoms with E-state index in [-0.39, 0.29) is 74.4 Å². The maximum Gasteiger partial charge on any atom is 0.380 e. The lowest BCUT2D eigenvalue weighted by molar-refractivity contribution is -0.254. The SMILES string of the molecule is CCCCCCC(CCCCCC)N1C(=O)c2ccc3c4ccc5c6c(ccc(c7ccc(c2c37)C1=O)c64)C(=O)N(c1ccc(OC(=O)c2sc(-c3cc(C4=C(c6cc(-c7ccc(C)s7)sc6C)C(F)(F)C(F)(F)C4(F)F)c(C)s3)c(Br)c2Br)cc1)C5=O. The number of carbonyl (C=O) groups is 5. The Morgan fingerprint density at radius 1 is 0.511 bits per heavy atom. The molecule has 0 fully saturated rings. The van der Waals surface area contributed by atoms with Gasteiger partial charge in [0, 0.05) is 79.5 Å². The summed E-state index contributed by atoms with van der Waals surface area (Å²) in [7, 11) is 0. The first kappa shape index (κ1) is 60.4. The van der Waals surface area contributed by atoms with Crippen LogP contribution < -0.4 is 9.64 Å². The van der Waals surface area contributed by atoms with E-state index in [9.17, 15) is 24.0 Å². The van der Waals surface area contributed by atoms with E-state index in [1.165, 1.54) is 66.5 Å². The van der Waals surface area contributed by atoms with Crippen LogP contribution in [0.15, 0.2) is 106 Å². The second-order valence-corrected chi connectivity index (χ2v) is 29.1. The van der Waals surface area contributed by atoms with Crippen molar-refractivity contribution in [1.29, 1.82) is 0 Å². The molecule has 8 nitrogen and oxygen atoms in total. The summed E-state index contributed by atoms with van der Waals surface area (Å²) in [6, 6.07) is 26.1. The number of anilines is 1. The van der Waals surface area contributed by atoms with Gasteiger partial charge in [-0.3, -0.25) is 24.1 Å². The van der Waals surface area contributed by atoms with Crippen molar-refractivity contribution in [2.24, 2.45) is 0 Å². The maximum absolute atomic E-state index is 16.1. The summed E-state index contributed by atoms with van der Waals surface area (Å²) in [6.45, 7) is 8.99. The number of thiophene rings is 4. The van der Waals surface area contributed by atoms with Gasteiger partial charge in [-0.25, -0.2) is 9.69 Å². The predicted octanol–water partition coefficient (Wildman–Crippen LogP) is 21.5. The van der Waals surface area contributed by atoms with Gasteiger partial charge in [0.1, 0.15) is 10.6 Å². The number of ether oxygens (including phenoxy) is 1. The Morgan fingerprint density at radius 3 is 1.44 bits per heavy atom. The van der Waals surface area contributed by atoms with Crippen LogP contribution in [0.4, 0.5) is 32.0 Å². The van der Waals surface area contributed by atoms with Crippen molar-refractivity contribution < 1.29 is 55.1 Å². The van der Waals surface area contributed by atoms with Crippen molar-refractivity contribution in [3.8, 4) is 25.3 Å². The van der Waals surface area contributed by atoms with E-state index >= 15 is 26.3 Å². The second-order valence-electron chi connectivity index (χ2n) is 22.7. The highest BCUT2D eigenvalue weighted by molar-refractivity contribution is 9.13. The van der Waals surface area contributed by atoms with Crippen LogP contribution in [0.25, 0.3) is 73.7 Å². The Morgan fingerprint density at radius 2 is 0.977 bits per heavy atom. The fourth-order valence-corrected chi connectivity index (χ4v) is 18.8. The van der Waals surface area contributed by atoms with Crippen LogP contribution in [-0.4, -0.2) is 58.3 Å². The molecule has 0 spiro atoms. The van der Waals surface area contributed by atoms with Crippen LogP contribution in [0.1, 0.15) is 155 Å². The van der Waals surface area contributed by atoms with Gasteiger partial charge in [0.05, 0.1) is 19.5 Å². The summed E-state index contributed by atoms with van der Waals surface area (Å²) in [5, 5.41) is 5.64. The molecule has 450 valence electrons. The molecule has 0 N–H and O–H groups in total. The number of alkyl halides is 6. The maximum atomic E-state index is 16.1. The Balaban J connectivity index is 0.771. The normalized spacial score (nSPS) is 16.2. The van der Waals surface area contributed by atoms with Gasteiger partial charge in [0.2, 0.25) is 0 Å².